The van der Waals surface area contributed by atoms with Crippen LogP contribution in [0.4, 0.5) is 0 Å². The lowest BCUT2D eigenvalue weighted by Gasteiger charge is -2.21. The molecule has 6 nitrogen and oxygen atoms in total. The van der Waals surface area contributed by atoms with Crippen molar-refractivity contribution in [2.75, 3.05) is 20.7 Å². The maximum Gasteiger partial charge on any atom is 0.242 e. The third-order valence-corrected chi connectivity index (χ3v) is 3.33. The monoisotopic (exact) mass is 271 g/mol. The van der Waals surface area contributed by atoms with Crippen LogP contribution in [0.1, 0.15) is 26.7 Å². The number of amides is 2. The summed E-state index contributed by atoms with van der Waals surface area (Å²) in [6.07, 6.45) is 1.34. The Morgan fingerprint density at radius 3 is 2.58 bits per heavy atom. The minimum Gasteiger partial charge on any atom is -0.380 e. The topological polar surface area (TPSA) is 79.5 Å². The molecule has 1 aliphatic heterocycles. The number of hydrogen-bond acceptors (Lipinski definition) is 4. The number of likely N-dealkylation sites (N-methyl/N-ethyl adjacent to an activating group) is 1. The molecule has 3 N–H and O–H groups in total. The molecule has 1 saturated heterocycles. The molecule has 0 aliphatic carbocycles. The van der Waals surface area contributed by atoms with Gasteiger partial charge in [0, 0.05) is 20.7 Å². The molecule has 0 aromatic rings. The lowest BCUT2D eigenvalue weighted by atomic mass is 10.0. The van der Waals surface area contributed by atoms with E-state index in [1.54, 1.807) is 14.2 Å². The molecule has 19 heavy (non-hydrogen) atoms. The first-order valence-electron chi connectivity index (χ1n) is 6.76. The van der Waals surface area contributed by atoms with Gasteiger partial charge in [0.25, 0.3) is 0 Å². The van der Waals surface area contributed by atoms with Crippen LogP contribution in [0, 0.1) is 5.92 Å². The van der Waals surface area contributed by atoms with E-state index in [1.165, 1.54) is 0 Å². The predicted octanol–water partition coefficient (Wildman–Crippen LogP) is -0.360. The van der Waals surface area contributed by atoms with Gasteiger partial charge in [-0.3, -0.25) is 9.59 Å². The summed E-state index contributed by atoms with van der Waals surface area (Å²) in [6.45, 7) is 4.72. The fourth-order valence-corrected chi connectivity index (χ4v) is 2.23. The third kappa shape index (κ3) is 4.80. The minimum atomic E-state index is -0.471. The Bertz CT molecular complexity index is 320. The third-order valence-electron chi connectivity index (χ3n) is 3.33. The molecular weight excluding hydrogens is 246 g/mol. The van der Waals surface area contributed by atoms with Crippen LogP contribution in [-0.4, -0.2) is 50.7 Å². The largest absolute Gasteiger partial charge is 0.380 e. The van der Waals surface area contributed by atoms with Gasteiger partial charge in [-0.2, -0.15) is 0 Å². The predicted molar refractivity (Wildman–Crippen MR) is 72.7 cm³/mol. The SMILES string of the molecule is CNC(=O)C(CC(C)C)NC(=O)C1CC(OC)CN1. The Balaban J connectivity index is 2.53. The molecule has 0 radical (unpaired) electrons. The van der Waals surface area contributed by atoms with E-state index in [-0.39, 0.29) is 24.0 Å². The maximum atomic E-state index is 12.1. The Hall–Kier alpha value is -1.14. The number of nitrogens with one attached hydrogen (secondary N) is 3. The Labute approximate surface area is 114 Å². The Morgan fingerprint density at radius 2 is 2.11 bits per heavy atom. The molecule has 0 saturated carbocycles. The quantitative estimate of drug-likeness (QED) is 0.616. The fourth-order valence-electron chi connectivity index (χ4n) is 2.23. The number of methoxy groups -OCH3 is 1. The van der Waals surface area contributed by atoms with Gasteiger partial charge in [0.05, 0.1) is 12.1 Å². The van der Waals surface area contributed by atoms with Crippen LogP contribution < -0.4 is 16.0 Å². The molecule has 1 fully saturated rings. The highest BCUT2D eigenvalue weighted by atomic mass is 16.5. The van der Waals surface area contributed by atoms with Crippen LogP contribution in [0.5, 0.6) is 0 Å². The van der Waals surface area contributed by atoms with E-state index < -0.39 is 6.04 Å². The van der Waals surface area contributed by atoms with Crippen molar-refractivity contribution in [3.8, 4) is 0 Å². The molecule has 3 unspecified atom stereocenters. The maximum absolute atomic E-state index is 12.1. The highest BCUT2D eigenvalue weighted by molar-refractivity contribution is 5.89. The summed E-state index contributed by atoms with van der Waals surface area (Å²) in [7, 11) is 3.22. The highest BCUT2D eigenvalue weighted by Gasteiger charge is 2.31. The molecule has 2 amide bonds. The van der Waals surface area contributed by atoms with E-state index in [2.05, 4.69) is 16.0 Å². The van der Waals surface area contributed by atoms with Crippen molar-refractivity contribution < 1.29 is 14.3 Å². The van der Waals surface area contributed by atoms with Gasteiger partial charge in [0.1, 0.15) is 6.04 Å². The normalized spacial score (nSPS) is 24.3. The number of carbonyl (C=O) groups excluding carboxylic acids is 2. The second-order valence-corrected chi connectivity index (χ2v) is 5.36. The van der Waals surface area contributed by atoms with Crippen molar-refractivity contribution in [1.82, 2.24) is 16.0 Å². The van der Waals surface area contributed by atoms with Gasteiger partial charge in [0.15, 0.2) is 0 Å². The van der Waals surface area contributed by atoms with Crippen LogP contribution in [0.15, 0.2) is 0 Å². The first kappa shape index (κ1) is 15.9. The van der Waals surface area contributed by atoms with Crippen molar-refractivity contribution in [1.29, 1.82) is 0 Å². The fraction of sp³-hybridized carbons (Fsp3) is 0.846. The van der Waals surface area contributed by atoms with Gasteiger partial charge >= 0.3 is 0 Å². The Morgan fingerprint density at radius 1 is 1.42 bits per heavy atom. The number of rotatable bonds is 6. The van der Waals surface area contributed by atoms with Crippen LogP contribution in [0.3, 0.4) is 0 Å². The summed E-state index contributed by atoms with van der Waals surface area (Å²) in [5, 5.41) is 8.51. The first-order valence-corrected chi connectivity index (χ1v) is 6.76. The first-order chi connectivity index (χ1) is 8.97. The Kier molecular flexibility index (Phi) is 6.24. The zero-order valence-corrected chi connectivity index (χ0v) is 12.2. The van der Waals surface area contributed by atoms with Crippen molar-refractivity contribution in [3.63, 3.8) is 0 Å². The molecule has 0 aromatic carbocycles. The second kappa shape index (κ2) is 7.45. The average Bonchev–Trinajstić information content (AvgIpc) is 2.85. The number of carbonyl (C=O) groups is 2. The summed E-state index contributed by atoms with van der Waals surface area (Å²) < 4.78 is 5.21. The zero-order valence-electron chi connectivity index (χ0n) is 12.2. The average molecular weight is 271 g/mol. The van der Waals surface area contributed by atoms with Gasteiger partial charge in [-0.05, 0) is 18.8 Å². The standard InChI is InChI=1S/C13H25N3O3/c1-8(2)5-11(12(17)14-3)16-13(18)10-6-9(19-4)7-15-10/h8-11,15H,5-7H2,1-4H3,(H,14,17)(H,16,18). The van der Waals surface area contributed by atoms with Gasteiger partial charge in [-0.25, -0.2) is 0 Å². The number of hydrogen-bond donors (Lipinski definition) is 3. The molecular formula is C13H25N3O3. The van der Waals surface area contributed by atoms with Crippen LogP contribution in [0.25, 0.3) is 0 Å². The molecule has 6 heteroatoms. The molecule has 0 spiro atoms. The molecule has 0 aromatic heterocycles. The van der Waals surface area contributed by atoms with Crippen molar-refractivity contribution >= 4 is 11.8 Å². The van der Waals surface area contributed by atoms with Crippen LogP contribution in [0.2, 0.25) is 0 Å². The molecule has 110 valence electrons. The zero-order chi connectivity index (χ0) is 14.4. The highest BCUT2D eigenvalue weighted by Crippen LogP contribution is 2.11. The molecule has 1 rings (SSSR count). The van der Waals surface area contributed by atoms with E-state index in [1.807, 2.05) is 13.8 Å². The van der Waals surface area contributed by atoms with Gasteiger partial charge in [0.2, 0.25) is 11.8 Å². The van der Waals surface area contributed by atoms with Crippen LogP contribution >= 0.6 is 0 Å². The van der Waals surface area contributed by atoms with E-state index >= 15 is 0 Å². The summed E-state index contributed by atoms with van der Waals surface area (Å²) in [4.78, 5) is 23.9. The van der Waals surface area contributed by atoms with Crippen molar-refractivity contribution in [3.05, 3.63) is 0 Å². The van der Waals surface area contributed by atoms with Gasteiger partial charge in [-0.15, -0.1) is 0 Å². The number of ether oxygens (including phenoxy) is 1. The second-order valence-electron chi connectivity index (χ2n) is 5.36. The van der Waals surface area contributed by atoms with E-state index in [0.717, 1.165) is 0 Å². The lowest BCUT2D eigenvalue weighted by Crippen LogP contribution is -2.51. The van der Waals surface area contributed by atoms with Crippen molar-refractivity contribution in [2.24, 2.45) is 5.92 Å². The summed E-state index contributed by atoms with van der Waals surface area (Å²) >= 11 is 0. The molecule has 1 aliphatic rings. The lowest BCUT2D eigenvalue weighted by molar-refractivity contribution is -0.130. The summed E-state index contributed by atoms with van der Waals surface area (Å²) in [5.74, 6) is 0.0583. The van der Waals surface area contributed by atoms with E-state index in [4.69, 9.17) is 4.74 Å². The van der Waals surface area contributed by atoms with Crippen molar-refractivity contribution in [2.45, 2.75) is 44.9 Å². The van der Waals surface area contributed by atoms with E-state index in [0.29, 0.717) is 25.3 Å². The molecule has 1 heterocycles. The van der Waals surface area contributed by atoms with E-state index in [9.17, 15) is 9.59 Å². The van der Waals surface area contributed by atoms with Gasteiger partial charge in [-0.1, -0.05) is 13.8 Å². The van der Waals surface area contributed by atoms with Crippen LogP contribution in [-0.2, 0) is 14.3 Å². The smallest absolute Gasteiger partial charge is 0.242 e. The summed E-state index contributed by atoms with van der Waals surface area (Å²) in [6, 6.07) is -0.745. The molecule has 0 bridgehead atoms. The molecule has 3 atom stereocenters. The summed E-state index contributed by atoms with van der Waals surface area (Å²) in [5.41, 5.74) is 0. The van der Waals surface area contributed by atoms with Gasteiger partial charge < -0.3 is 20.7 Å². The minimum absolute atomic E-state index is 0.0688.